The molecular weight excluding hydrogens is 322 g/mol. The zero-order chi connectivity index (χ0) is 17.7. The number of amides is 2. The number of carbonyl (C=O) groups is 2. The number of anilines is 1. The molecule has 0 atom stereocenters. The zero-order valence-electron chi connectivity index (χ0n) is 12.6. The number of ether oxygens (including phenoxy) is 2. The summed E-state index contributed by atoms with van der Waals surface area (Å²) in [5.74, 6) is -2.50. The molecule has 0 saturated heterocycles. The third kappa shape index (κ3) is 4.19. The minimum absolute atomic E-state index is 0.155. The van der Waals surface area contributed by atoms with E-state index in [0.717, 1.165) is 12.1 Å². The van der Waals surface area contributed by atoms with Crippen molar-refractivity contribution in [2.75, 3.05) is 19.0 Å². The molecule has 24 heavy (non-hydrogen) atoms. The third-order valence-electron chi connectivity index (χ3n) is 2.98. The van der Waals surface area contributed by atoms with Crippen molar-refractivity contribution in [3.63, 3.8) is 0 Å². The van der Waals surface area contributed by atoms with Crippen molar-refractivity contribution in [2.24, 2.45) is 5.73 Å². The van der Waals surface area contributed by atoms with Crippen LogP contribution in [0.15, 0.2) is 36.4 Å². The molecule has 2 rings (SSSR count). The highest BCUT2D eigenvalue weighted by Gasteiger charge is 2.14. The largest absolute Gasteiger partial charge is 0.493 e. The van der Waals surface area contributed by atoms with Gasteiger partial charge in [0.05, 0.1) is 12.8 Å². The van der Waals surface area contributed by atoms with E-state index in [1.807, 2.05) is 0 Å². The number of nitrogens with two attached hydrogens (primary N) is 1. The van der Waals surface area contributed by atoms with Crippen molar-refractivity contribution in [3.8, 4) is 11.5 Å². The van der Waals surface area contributed by atoms with E-state index in [9.17, 15) is 18.4 Å². The Bertz CT molecular complexity index is 781. The Morgan fingerprint density at radius 3 is 2.50 bits per heavy atom. The van der Waals surface area contributed by atoms with E-state index in [1.165, 1.54) is 25.3 Å². The highest BCUT2D eigenvalue weighted by Crippen LogP contribution is 2.28. The maximum Gasteiger partial charge on any atom is 0.255 e. The summed E-state index contributed by atoms with van der Waals surface area (Å²) in [6.07, 6.45) is 0. The molecule has 0 aliphatic heterocycles. The molecule has 0 radical (unpaired) electrons. The SMILES string of the molecule is COc1cc(C(=O)Nc2ccc(F)cc2F)ccc1OCC(N)=O. The average molecular weight is 336 g/mol. The molecule has 8 heteroatoms. The number of hydrogen-bond donors (Lipinski definition) is 2. The lowest BCUT2D eigenvalue weighted by Crippen LogP contribution is -2.20. The van der Waals surface area contributed by atoms with Crippen LogP contribution < -0.4 is 20.5 Å². The van der Waals surface area contributed by atoms with E-state index in [-0.39, 0.29) is 29.4 Å². The Morgan fingerprint density at radius 2 is 1.88 bits per heavy atom. The lowest BCUT2D eigenvalue weighted by Gasteiger charge is -2.11. The molecule has 6 nitrogen and oxygen atoms in total. The van der Waals surface area contributed by atoms with Gasteiger partial charge < -0.3 is 20.5 Å². The summed E-state index contributed by atoms with van der Waals surface area (Å²) in [6.45, 7) is -0.345. The van der Waals surface area contributed by atoms with Gasteiger partial charge in [0.1, 0.15) is 11.6 Å². The number of benzene rings is 2. The first-order valence-electron chi connectivity index (χ1n) is 6.76. The van der Waals surface area contributed by atoms with Crippen molar-refractivity contribution in [2.45, 2.75) is 0 Å². The van der Waals surface area contributed by atoms with Gasteiger partial charge >= 0.3 is 0 Å². The Balaban J connectivity index is 2.18. The summed E-state index contributed by atoms with van der Waals surface area (Å²) in [7, 11) is 1.35. The first-order valence-corrected chi connectivity index (χ1v) is 6.76. The first-order chi connectivity index (χ1) is 11.4. The summed E-state index contributed by atoms with van der Waals surface area (Å²) in [6, 6.07) is 6.97. The Kier molecular flexibility index (Phi) is 5.31. The number of rotatable bonds is 6. The van der Waals surface area contributed by atoms with Crippen LogP contribution in [0.3, 0.4) is 0 Å². The van der Waals surface area contributed by atoms with Gasteiger partial charge in [-0.15, -0.1) is 0 Å². The number of carbonyl (C=O) groups excluding carboxylic acids is 2. The highest BCUT2D eigenvalue weighted by molar-refractivity contribution is 6.04. The molecule has 0 spiro atoms. The second-order valence-corrected chi connectivity index (χ2v) is 4.70. The van der Waals surface area contributed by atoms with Crippen LogP contribution in [0.2, 0.25) is 0 Å². The zero-order valence-corrected chi connectivity index (χ0v) is 12.6. The molecular formula is C16H14F2N2O4. The van der Waals surface area contributed by atoms with Crippen molar-refractivity contribution < 1.29 is 27.8 Å². The van der Waals surface area contributed by atoms with Crippen LogP contribution in [0.5, 0.6) is 11.5 Å². The van der Waals surface area contributed by atoms with Crippen LogP contribution >= 0.6 is 0 Å². The van der Waals surface area contributed by atoms with Gasteiger partial charge in [-0.1, -0.05) is 0 Å². The number of methoxy groups -OCH3 is 1. The summed E-state index contributed by atoms with van der Waals surface area (Å²) in [4.78, 5) is 22.9. The molecule has 126 valence electrons. The van der Waals surface area contributed by atoms with Gasteiger partial charge in [0, 0.05) is 11.6 Å². The van der Waals surface area contributed by atoms with Crippen molar-refractivity contribution in [1.82, 2.24) is 0 Å². The Labute approximate surface area is 136 Å². The minimum Gasteiger partial charge on any atom is -0.493 e. The van der Waals surface area contributed by atoms with Crippen LogP contribution in [0.25, 0.3) is 0 Å². The molecule has 2 aromatic rings. The van der Waals surface area contributed by atoms with E-state index >= 15 is 0 Å². The summed E-state index contributed by atoms with van der Waals surface area (Å²) >= 11 is 0. The predicted molar refractivity (Wildman–Crippen MR) is 82.0 cm³/mol. The molecule has 0 bridgehead atoms. The summed E-state index contributed by atoms with van der Waals surface area (Å²) in [5.41, 5.74) is 4.99. The van der Waals surface area contributed by atoms with Crippen molar-refractivity contribution in [3.05, 3.63) is 53.6 Å². The fourth-order valence-corrected chi connectivity index (χ4v) is 1.86. The molecule has 0 aromatic heterocycles. The Morgan fingerprint density at radius 1 is 1.12 bits per heavy atom. The highest BCUT2D eigenvalue weighted by atomic mass is 19.1. The standard InChI is InChI=1S/C16H14F2N2O4/c1-23-14-6-9(2-5-13(14)24-8-15(19)21)16(22)20-12-4-3-10(17)7-11(12)18/h2-7H,8H2,1H3,(H2,19,21)(H,20,22). The fraction of sp³-hybridized carbons (Fsp3) is 0.125. The van der Waals surface area contributed by atoms with Crippen LogP contribution in [-0.4, -0.2) is 25.5 Å². The van der Waals surface area contributed by atoms with Gasteiger partial charge in [-0.2, -0.15) is 0 Å². The van der Waals surface area contributed by atoms with Crippen LogP contribution in [0.1, 0.15) is 10.4 Å². The van der Waals surface area contributed by atoms with E-state index in [1.54, 1.807) is 0 Å². The predicted octanol–water partition coefficient (Wildman–Crippen LogP) is 2.09. The summed E-state index contributed by atoms with van der Waals surface area (Å²) in [5, 5.41) is 2.32. The number of nitrogens with one attached hydrogen (secondary N) is 1. The molecule has 0 saturated carbocycles. The van der Waals surface area contributed by atoms with Gasteiger partial charge in [0.2, 0.25) is 0 Å². The fourth-order valence-electron chi connectivity index (χ4n) is 1.86. The molecule has 0 heterocycles. The molecule has 0 fully saturated rings. The maximum absolute atomic E-state index is 13.6. The van der Waals surface area contributed by atoms with E-state index in [2.05, 4.69) is 5.32 Å². The van der Waals surface area contributed by atoms with Gasteiger partial charge in [0.25, 0.3) is 11.8 Å². The maximum atomic E-state index is 13.6. The number of primary amides is 1. The normalized spacial score (nSPS) is 10.1. The lowest BCUT2D eigenvalue weighted by molar-refractivity contribution is -0.119. The van der Waals surface area contributed by atoms with Gasteiger partial charge in [-0.05, 0) is 30.3 Å². The van der Waals surface area contributed by atoms with E-state index in [4.69, 9.17) is 15.2 Å². The van der Waals surface area contributed by atoms with Gasteiger partial charge in [0.15, 0.2) is 18.1 Å². The monoisotopic (exact) mass is 336 g/mol. The molecule has 0 aliphatic rings. The van der Waals surface area contributed by atoms with Crippen LogP contribution in [0.4, 0.5) is 14.5 Å². The van der Waals surface area contributed by atoms with Crippen molar-refractivity contribution >= 4 is 17.5 Å². The Hall–Kier alpha value is -3.16. The topological polar surface area (TPSA) is 90.7 Å². The molecule has 0 unspecified atom stereocenters. The number of hydrogen-bond acceptors (Lipinski definition) is 4. The number of halogens is 2. The smallest absolute Gasteiger partial charge is 0.255 e. The van der Waals surface area contributed by atoms with Gasteiger partial charge in [-0.3, -0.25) is 9.59 Å². The first kappa shape index (κ1) is 17.2. The van der Waals surface area contributed by atoms with E-state index < -0.39 is 23.4 Å². The summed E-state index contributed by atoms with van der Waals surface area (Å²) < 4.78 is 36.7. The van der Waals surface area contributed by atoms with Gasteiger partial charge in [-0.25, -0.2) is 8.78 Å². The lowest BCUT2D eigenvalue weighted by atomic mass is 10.1. The average Bonchev–Trinajstić information content (AvgIpc) is 2.55. The third-order valence-corrected chi connectivity index (χ3v) is 2.98. The molecule has 2 amide bonds. The van der Waals surface area contributed by atoms with E-state index in [0.29, 0.717) is 6.07 Å². The quantitative estimate of drug-likeness (QED) is 0.845. The molecule has 2 aromatic carbocycles. The van der Waals surface area contributed by atoms with Crippen LogP contribution in [-0.2, 0) is 4.79 Å². The van der Waals surface area contributed by atoms with Crippen LogP contribution in [0, 0.1) is 11.6 Å². The second kappa shape index (κ2) is 7.40. The minimum atomic E-state index is -0.892. The molecule has 3 N–H and O–H groups in total. The second-order valence-electron chi connectivity index (χ2n) is 4.70. The molecule has 0 aliphatic carbocycles. The van der Waals surface area contributed by atoms with Crippen molar-refractivity contribution in [1.29, 1.82) is 0 Å².